The highest BCUT2D eigenvalue weighted by molar-refractivity contribution is 5.09. The molecule has 0 fully saturated rings. The molecule has 16 heavy (non-hydrogen) atoms. The highest BCUT2D eigenvalue weighted by Gasteiger charge is 2.12. The summed E-state index contributed by atoms with van der Waals surface area (Å²) in [5, 5.41) is 29.7. The molecule has 0 N–H and O–H groups in total. The monoisotopic (exact) mass is 222 g/mol. The Kier molecular flexibility index (Phi) is 8.84. The summed E-state index contributed by atoms with van der Waals surface area (Å²) in [5.41, 5.74) is 0. The fraction of sp³-hybridized carbons (Fsp3) is 0.500. The number of hydrogen-bond acceptors (Lipinski definition) is 0. The van der Waals surface area contributed by atoms with E-state index < -0.39 is 0 Å². The minimum Gasteiger partial charge on any atom is -0.232 e. The van der Waals surface area contributed by atoms with Crippen LogP contribution in [-0.2, 0) is 10.2 Å². The van der Waals surface area contributed by atoms with Crippen molar-refractivity contribution in [1.29, 1.82) is 0 Å². The van der Waals surface area contributed by atoms with Crippen molar-refractivity contribution in [3.8, 4) is 0 Å². The minimum absolute atomic E-state index is 0.00848. The second-order valence-electron chi connectivity index (χ2n) is 3.56. The van der Waals surface area contributed by atoms with Crippen LogP contribution in [-0.4, -0.2) is 13.1 Å². The average molecular weight is 222 g/mol. The zero-order valence-electron chi connectivity index (χ0n) is 10.3. The molecule has 0 aliphatic heterocycles. The Morgan fingerprint density at radius 2 is 1.12 bits per heavy atom. The third kappa shape index (κ3) is 10.4. The van der Waals surface area contributed by atoms with E-state index in [1.807, 2.05) is 0 Å². The first-order chi connectivity index (χ1) is 7.41. The Morgan fingerprint density at radius 1 is 0.812 bits per heavy atom. The Labute approximate surface area is 99.4 Å². The lowest BCUT2D eigenvalue weighted by atomic mass is 10.1. The van der Waals surface area contributed by atoms with Gasteiger partial charge in [0, 0.05) is 25.9 Å². The minimum atomic E-state index is -0.00848. The Morgan fingerprint density at radius 3 is 1.38 bits per heavy atom. The van der Waals surface area contributed by atoms with Gasteiger partial charge in [0.15, 0.2) is 0 Å². The van der Waals surface area contributed by atoms with Gasteiger partial charge in [-0.25, -0.2) is 20.8 Å². The van der Waals surface area contributed by atoms with Crippen LogP contribution in [0.25, 0.3) is 0 Å². The van der Waals surface area contributed by atoms with Crippen molar-refractivity contribution in [2.45, 2.75) is 27.7 Å². The van der Waals surface area contributed by atoms with E-state index in [-0.39, 0.29) is 12.2 Å². The molecule has 0 bridgehead atoms. The Balaban J connectivity index is 3.38. The lowest BCUT2D eigenvalue weighted by Crippen LogP contribution is -2.23. The first kappa shape index (κ1) is 15.8. The highest BCUT2D eigenvalue weighted by Crippen LogP contribution is 2.10. The van der Waals surface area contributed by atoms with Gasteiger partial charge in [0.2, 0.25) is 0 Å². The van der Waals surface area contributed by atoms with Crippen LogP contribution in [0, 0.1) is 37.1 Å². The van der Waals surface area contributed by atoms with Crippen molar-refractivity contribution in [1.82, 2.24) is 10.6 Å². The van der Waals surface area contributed by atoms with Crippen LogP contribution in [0.3, 0.4) is 0 Å². The molecule has 0 aliphatic rings. The summed E-state index contributed by atoms with van der Waals surface area (Å²) in [4.78, 5) is 0. The van der Waals surface area contributed by atoms with E-state index >= 15 is 0 Å². The lowest BCUT2D eigenvalue weighted by Gasteiger charge is -2.13. The van der Waals surface area contributed by atoms with E-state index in [4.69, 9.17) is 0 Å². The van der Waals surface area contributed by atoms with E-state index in [1.54, 1.807) is 13.8 Å². The van der Waals surface area contributed by atoms with Gasteiger partial charge < -0.3 is 0 Å². The van der Waals surface area contributed by atoms with Crippen LogP contribution in [0.4, 0.5) is 0 Å². The molecule has 0 aromatic rings. The quantitative estimate of drug-likeness (QED) is 0.533. The van der Waals surface area contributed by atoms with Gasteiger partial charge in [-0.05, 0) is 27.7 Å². The number of hydrogen-bond donors (Lipinski definition) is 0. The molecule has 0 saturated carbocycles. The first-order valence-corrected chi connectivity index (χ1v) is 5.14. The second-order valence-corrected chi connectivity index (χ2v) is 3.56. The van der Waals surface area contributed by atoms with Gasteiger partial charge in [0.25, 0.3) is 0 Å². The molecule has 0 aliphatic carbocycles. The maximum absolute atomic E-state index is 10.7. The fourth-order valence-electron chi connectivity index (χ4n) is 1.13. The predicted octanol–water partition coefficient (Wildman–Crippen LogP) is 1.67. The topological polar surface area (TPSA) is 68.0 Å². The van der Waals surface area contributed by atoms with Gasteiger partial charge in [-0.15, -0.1) is 0 Å². The summed E-state index contributed by atoms with van der Waals surface area (Å²) in [7, 11) is 0. The van der Waals surface area contributed by atoms with Crippen molar-refractivity contribution in [3.05, 3.63) is 37.1 Å². The molecule has 0 saturated heterocycles. The molecule has 0 unspecified atom stereocenters. The van der Waals surface area contributed by atoms with Crippen molar-refractivity contribution < 1.29 is 10.2 Å². The van der Waals surface area contributed by atoms with Crippen molar-refractivity contribution in [2.24, 2.45) is 0 Å². The van der Waals surface area contributed by atoms with Crippen LogP contribution in [0.5, 0.6) is 0 Å². The van der Waals surface area contributed by atoms with Crippen LogP contribution in [0.2, 0.25) is 0 Å². The zero-order valence-corrected chi connectivity index (χ0v) is 10.3. The molecule has 0 rings (SSSR count). The molecule has 4 nitrogen and oxygen atoms in total. The second kappa shape index (κ2) is 8.93. The average Bonchev–Trinajstić information content (AvgIpc) is 2.10. The summed E-state index contributed by atoms with van der Waals surface area (Å²) in [6.07, 6.45) is 2.95. The number of nitrogens with zero attached hydrogens (tertiary/aromatic N) is 2. The summed E-state index contributed by atoms with van der Waals surface area (Å²) < 4.78 is 0. The van der Waals surface area contributed by atoms with E-state index in [1.165, 1.54) is 26.7 Å². The van der Waals surface area contributed by atoms with Gasteiger partial charge >= 0.3 is 0 Å². The highest BCUT2D eigenvalue weighted by atomic mass is 16.3. The van der Waals surface area contributed by atoms with Crippen LogP contribution in [0.15, 0.2) is 0 Å². The Hall–Kier alpha value is -0.160. The summed E-state index contributed by atoms with van der Waals surface area (Å²) in [6.45, 7) is 7.59. The molecule has 0 spiro atoms. The third-order valence-electron chi connectivity index (χ3n) is 1.65. The fourth-order valence-corrected chi connectivity index (χ4v) is 1.13. The normalized spacial score (nSPS) is 12.4. The summed E-state index contributed by atoms with van der Waals surface area (Å²) in [6, 6.07) is 1.41. The van der Waals surface area contributed by atoms with E-state index in [9.17, 15) is 10.2 Å². The van der Waals surface area contributed by atoms with E-state index in [2.05, 4.69) is 10.6 Å². The zero-order chi connectivity index (χ0) is 12.6. The van der Waals surface area contributed by atoms with Gasteiger partial charge in [-0.2, -0.15) is 0 Å². The summed E-state index contributed by atoms with van der Waals surface area (Å²) in [5.74, 6) is 0. The molecule has 0 aromatic carbocycles. The molecule has 4 heteroatoms. The Bertz CT molecular complexity index is 145. The standard InChI is InChI=1S/C12H18N2O2/c1-9(7-11(3)15)13-5-6-14-10(2)8-12(4)16/h7-8H,5-6H2,1-4H3. The first-order valence-electron chi connectivity index (χ1n) is 5.14. The molecule has 0 atom stereocenters. The van der Waals surface area contributed by atoms with Crippen LogP contribution < -0.4 is 10.6 Å². The summed E-state index contributed by atoms with van der Waals surface area (Å²) >= 11 is 0. The molecular formula is C12H18N2O2. The maximum atomic E-state index is 10.7. The molecule has 88 valence electrons. The maximum Gasteiger partial charge on any atom is 0.138 e. The lowest BCUT2D eigenvalue weighted by molar-refractivity contribution is 0.226. The number of rotatable bonds is 9. The smallest absolute Gasteiger partial charge is 0.138 e. The van der Waals surface area contributed by atoms with Gasteiger partial charge in [0.1, 0.15) is 12.2 Å². The third-order valence-corrected chi connectivity index (χ3v) is 1.65. The van der Waals surface area contributed by atoms with Crippen molar-refractivity contribution >= 4 is 0 Å². The van der Waals surface area contributed by atoms with Gasteiger partial charge in [-0.3, -0.25) is 0 Å². The SMILES string of the molecule is C[C]([O])[CH][C](C)[N]CC[N][C](C)[CH][C](C)[O]. The largest absolute Gasteiger partial charge is 0.232 e. The van der Waals surface area contributed by atoms with E-state index in [0.29, 0.717) is 25.2 Å². The molecule has 0 heterocycles. The molecular weight excluding hydrogens is 204 g/mol. The molecule has 0 amide bonds. The van der Waals surface area contributed by atoms with Crippen LogP contribution in [0.1, 0.15) is 27.7 Å². The van der Waals surface area contributed by atoms with Crippen LogP contribution >= 0.6 is 0 Å². The van der Waals surface area contributed by atoms with E-state index in [0.717, 1.165) is 0 Å². The predicted molar refractivity (Wildman–Crippen MR) is 59.6 cm³/mol. The van der Waals surface area contributed by atoms with Crippen molar-refractivity contribution in [3.63, 3.8) is 0 Å². The van der Waals surface area contributed by atoms with Gasteiger partial charge in [-0.1, -0.05) is 0 Å². The van der Waals surface area contributed by atoms with Crippen molar-refractivity contribution in [2.75, 3.05) is 13.1 Å². The van der Waals surface area contributed by atoms with Gasteiger partial charge in [0.05, 0.1) is 12.1 Å². The molecule has 0 aromatic heterocycles. The molecule has 10 radical (unpaired) electrons.